The lowest BCUT2D eigenvalue weighted by molar-refractivity contribution is -0.130. The highest BCUT2D eigenvalue weighted by Crippen LogP contribution is 2.36. The molecule has 0 unspecified atom stereocenters. The Morgan fingerprint density at radius 1 is 1.09 bits per heavy atom. The smallest absolute Gasteiger partial charge is 0.259 e. The molecule has 2 N–H and O–H groups in total. The third kappa shape index (κ3) is 4.62. The minimum Gasteiger partial charge on any atom is -0.492 e. The van der Waals surface area contributed by atoms with E-state index in [-0.39, 0.29) is 11.8 Å². The average molecular weight is 457 g/mol. The first kappa shape index (κ1) is 21.9. The van der Waals surface area contributed by atoms with Crippen molar-refractivity contribution in [1.82, 2.24) is 14.9 Å². The molecule has 168 valence electrons. The van der Waals surface area contributed by atoms with Crippen molar-refractivity contribution in [3.63, 3.8) is 0 Å². The van der Waals surface area contributed by atoms with Gasteiger partial charge in [-0.05, 0) is 25.0 Å². The molecule has 1 aromatic heterocycles. The molecular weight excluding hydrogens is 432 g/mol. The normalized spacial score (nSPS) is 19.0. The molecule has 0 radical (unpaired) electrons. The highest BCUT2D eigenvalue weighted by molar-refractivity contribution is 6.33. The SMILES string of the molecule is CN1CCCN(C)c2ncnc3c2/C(=C/Nc2ccc(Cl)c(c2)OCCCC1=O)C(=O)N3. The number of hydrogen-bond donors (Lipinski definition) is 2. The number of nitrogens with zero attached hydrogens (tertiary/aromatic N) is 4. The largest absolute Gasteiger partial charge is 0.492 e. The van der Waals surface area contributed by atoms with Gasteiger partial charge in [0.15, 0.2) is 0 Å². The fourth-order valence-electron chi connectivity index (χ4n) is 3.67. The quantitative estimate of drug-likeness (QED) is 0.628. The zero-order valence-electron chi connectivity index (χ0n) is 18.0. The summed E-state index contributed by atoms with van der Waals surface area (Å²) in [4.78, 5) is 37.4. The summed E-state index contributed by atoms with van der Waals surface area (Å²) in [6.07, 6.45) is 4.83. The van der Waals surface area contributed by atoms with E-state index in [0.717, 1.165) is 6.42 Å². The number of benzene rings is 1. The van der Waals surface area contributed by atoms with Gasteiger partial charge in [0.1, 0.15) is 23.7 Å². The van der Waals surface area contributed by atoms with Gasteiger partial charge in [0.2, 0.25) is 5.91 Å². The summed E-state index contributed by atoms with van der Waals surface area (Å²) < 4.78 is 5.79. The van der Waals surface area contributed by atoms with Crippen LogP contribution in [0, 0.1) is 0 Å². The van der Waals surface area contributed by atoms with E-state index >= 15 is 0 Å². The Kier molecular flexibility index (Phi) is 6.45. The van der Waals surface area contributed by atoms with Crippen molar-refractivity contribution in [3.05, 3.63) is 41.3 Å². The third-order valence-corrected chi connectivity index (χ3v) is 5.77. The number of aromatic nitrogens is 2. The molecular formula is C22H25ClN6O3. The van der Waals surface area contributed by atoms with Gasteiger partial charge < -0.3 is 25.2 Å². The van der Waals surface area contributed by atoms with Crippen LogP contribution in [-0.2, 0) is 9.59 Å². The maximum absolute atomic E-state index is 12.6. The fraction of sp³-hybridized carbons (Fsp3) is 0.364. The van der Waals surface area contributed by atoms with Crippen LogP contribution in [-0.4, -0.2) is 60.5 Å². The molecule has 9 nitrogen and oxygen atoms in total. The Labute approximate surface area is 191 Å². The van der Waals surface area contributed by atoms with Crippen LogP contribution < -0.4 is 20.3 Å². The second-order valence-corrected chi connectivity index (χ2v) is 8.17. The fourth-order valence-corrected chi connectivity index (χ4v) is 3.84. The van der Waals surface area contributed by atoms with Gasteiger partial charge >= 0.3 is 0 Å². The maximum atomic E-state index is 12.6. The Morgan fingerprint density at radius 2 is 1.91 bits per heavy atom. The first-order chi connectivity index (χ1) is 15.4. The topological polar surface area (TPSA) is 99.7 Å². The van der Waals surface area contributed by atoms with Gasteiger partial charge in [-0.3, -0.25) is 9.59 Å². The van der Waals surface area contributed by atoms with Gasteiger partial charge in [-0.1, -0.05) is 11.6 Å². The second-order valence-electron chi connectivity index (χ2n) is 7.76. The minimum atomic E-state index is -0.257. The second kappa shape index (κ2) is 9.44. The molecule has 0 aliphatic carbocycles. The number of hydrogen-bond acceptors (Lipinski definition) is 7. The van der Waals surface area contributed by atoms with Crippen LogP contribution in [0.3, 0.4) is 0 Å². The molecule has 2 bridgehead atoms. The number of carbonyl (C=O) groups excluding carboxylic acids is 2. The van der Waals surface area contributed by atoms with Gasteiger partial charge in [-0.25, -0.2) is 9.97 Å². The maximum Gasteiger partial charge on any atom is 0.259 e. The van der Waals surface area contributed by atoms with Crippen molar-refractivity contribution < 1.29 is 14.3 Å². The lowest BCUT2D eigenvalue weighted by Gasteiger charge is -2.23. The number of anilines is 3. The van der Waals surface area contributed by atoms with Crippen molar-refractivity contribution in [1.29, 1.82) is 0 Å². The van der Waals surface area contributed by atoms with Gasteiger partial charge in [0.25, 0.3) is 5.91 Å². The molecule has 1 aromatic carbocycles. The van der Waals surface area contributed by atoms with Crippen LogP contribution in [0.1, 0.15) is 24.8 Å². The highest BCUT2D eigenvalue weighted by Gasteiger charge is 2.30. The Balaban J connectivity index is 1.69. The number of halogens is 1. The molecule has 32 heavy (non-hydrogen) atoms. The zero-order valence-corrected chi connectivity index (χ0v) is 18.8. The predicted octanol–water partition coefficient (Wildman–Crippen LogP) is 2.99. The summed E-state index contributed by atoms with van der Waals surface area (Å²) >= 11 is 6.26. The van der Waals surface area contributed by atoms with Crippen molar-refractivity contribution in [2.75, 3.05) is 49.3 Å². The molecule has 2 aliphatic rings. The van der Waals surface area contributed by atoms with Crippen LogP contribution in [0.25, 0.3) is 5.57 Å². The average Bonchev–Trinajstić information content (AvgIpc) is 3.10. The molecule has 2 aliphatic heterocycles. The van der Waals surface area contributed by atoms with Crippen LogP contribution >= 0.6 is 11.6 Å². The van der Waals surface area contributed by atoms with Crippen molar-refractivity contribution >= 4 is 46.3 Å². The van der Waals surface area contributed by atoms with Gasteiger partial charge in [-0.2, -0.15) is 0 Å². The standard InChI is InChI=1S/C22H25ClN6O3/c1-28-8-4-9-29(2)21-19-15(22(31)27-20(19)25-13-26-21)12-24-14-6-7-16(23)17(11-14)32-10-3-5-18(28)30/h6-7,11-13,24H,3-5,8-10H2,1-2H3,(H,25,26,27,31)/b15-12-. The number of nitrogens with one attached hydrogen (secondary N) is 2. The van der Waals surface area contributed by atoms with E-state index in [9.17, 15) is 9.59 Å². The number of carbonyl (C=O) groups is 2. The highest BCUT2D eigenvalue weighted by atomic mass is 35.5. The Morgan fingerprint density at radius 3 is 2.75 bits per heavy atom. The summed E-state index contributed by atoms with van der Waals surface area (Å²) in [7, 11) is 3.72. The molecule has 10 heteroatoms. The molecule has 0 spiro atoms. The first-order valence-electron chi connectivity index (χ1n) is 10.4. The summed E-state index contributed by atoms with van der Waals surface area (Å²) in [5.74, 6) is 1.45. The monoisotopic (exact) mass is 456 g/mol. The summed E-state index contributed by atoms with van der Waals surface area (Å²) in [6.45, 7) is 1.66. The minimum absolute atomic E-state index is 0.0711. The predicted molar refractivity (Wildman–Crippen MR) is 124 cm³/mol. The van der Waals surface area contributed by atoms with E-state index in [4.69, 9.17) is 16.3 Å². The Bertz CT molecular complexity index is 1070. The Hall–Kier alpha value is -3.33. The van der Waals surface area contributed by atoms with E-state index in [2.05, 4.69) is 20.6 Å². The molecule has 0 saturated heterocycles. The van der Waals surface area contributed by atoms with Crippen molar-refractivity contribution in [3.8, 4) is 5.75 Å². The third-order valence-electron chi connectivity index (χ3n) is 5.45. The lowest BCUT2D eigenvalue weighted by Crippen LogP contribution is -2.31. The number of ether oxygens (including phenoxy) is 1. The van der Waals surface area contributed by atoms with Crippen LogP contribution in [0.5, 0.6) is 5.75 Å². The van der Waals surface area contributed by atoms with Crippen LogP contribution in [0.4, 0.5) is 17.3 Å². The van der Waals surface area contributed by atoms with E-state index in [0.29, 0.717) is 71.8 Å². The van der Waals surface area contributed by atoms with Crippen LogP contribution in [0.15, 0.2) is 30.7 Å². The number of rotatable bonds is 0. The van der Waals surface area contributed by atoms with Gasteiger partial charge in [0.05, 0.1) is 22.8 Å². The molecule has 0 fully saturated rings. The lowest BCUT2D eigenvalue weighted by atomic mass is 10.1. The summed E-state index contributed by atoms with van der Waals surface area (Å²) in [5.41, 5.74) is 1.79. The molecule has 3 heterocycles. The molecule has 0 atom stereocenters. The first-order valence-corrected chi connectivity index (χ1v) is 10.8. The molecule has 4 rings (SSSR count). The van der Waals surface area contributed by atoms with Gasteiger partial charge in [-0.15, -0.1) is 0 Å². The molecule has 0 saturated carbocycles. The molecule has 2 amide bonds. The summed E-state index contributed by atoms with van der Waals surface area (Å²) in [6, 6.07) is 5.28. The van der Waals surface area contributed by atoms with Gasteiger partial charge in [0, 0.05) is 51.6 Å². The summed E-state index contributed by atoms with van der Waals surface area (Å²) in [5, 5.41) is 6.42. The van der Waals surface area contributed by atoms with E-state index in [1.165, 1.54) is 6.33 Å². The van der Waals surface area contributed by atoms with Crippen molar-refractivity contribution in [2.24, 2.45) is 0 Å². The van der Waals surface area contributed by atoms with E-state index in [1.807, 2.05) is 11.9 Å². The van der Waals surface area contributed by atoms with E-state index < -0.39 is 0 Å². The number of fused-ring (bicyclic) bond motifs is 2. The number of amides is 2. The zero-order chi connectivity index (χ0) is 22.7. The van der Waals surface area contributed by atoms with Crippen molar-refractivity contribution in [2.45, 2.75) is 19.3 Å². The van der Waals surface area contributed by atoms with Crippen LogP contribution in [0.2, 0.25) is 5.02 Å². The van der Waals surface area contributed by atoms with E-state index in [1.54, 1.807) is 36.3 Å². The molecule has 2 aromatic rings.